The number of nitrogens with zero attached hydrogens (tertiary/aromatic N) is 3. The zero-order chi connectivity index (χ0) is 23.8. The van der Waals surface area contributed by atoms with Gasteiger partial charge in [-0.1, -0.05) is 35.4 Å². The molecule has 0 aliphatic carbocycles. The maximum Gasteiger partial charge on any atom is 0.248 e. The highest BCUT2D eigenvalue weighted by molar-refractivity contribution is 7.89. The van der Waals surface area contributed by atoms with Crippen molar-refractivity contribution >= 4 is 62.3 Å². The van der Waals surface area contributed by atoms with E-state index in [9.17, 15) is 13.5 Å². The second-order valence-electron chi connectivity index (χ2n) is 7.56. The van der Waals surface area contributed by atoms with Crippen molar-refractivity contribution in [3.05, 3.63) is 52.4 Å². The summed E-state index contributed by atoms with van der Waals surface area (Å²) in [7, 11) is -3.95. The van der Waals surface area contributed by atoms with E-state index < -0.39 is 21.8 Å². The zero-order valence-electron chi connectivity index (χ0n) is 17.5. The fourth-order valence-electron chi connectivity index (χ4n) is 3.50. The molecule has 176 valence electrons. The number of benzene rings is 1. The molecule has 0 spiro atoms. The Kier molecular flexibility index (Phi) is 6.87. The van der Waals surface area contributed by atoms with Gasteiger partial charge in [0.1, 0.15) is 23.0 Å². The summed E-state index contributed by atoms with van der Waals surface area (Å²) < 4.78 is 41.4. The summed E-state index contributed by atoms with van der Waals surface area (Å²) in [4.78, 5) is -0.334. The minimum Gasteiger partial charge on any atom is -0.504 e. The summed E-state index contributed by atoms with van der Waals surface area (Å²) in [5.74, 6) is 0.701. The molecule has 1 saturated heterocycles. The molecule has 0 bridgehead atoms. The Labute approximate surface area is 205 Å². The first-order chi connectivity index (χ1) is 15.7. The van der Waals surface area contributed by atoms with E-state index in [1.54, 1.807) is 6.07 Å². The second-order valence-corrected chi connectivity index (χ2v) is 10.8. The quantitative estimate of drug-likeness (QED) is 0.262. The summed E-state index contributed by atoms with van der Waals surface area (Å²) in [5.41, 5.74) is 0.870. The molecule has 0 amide bonds. The SMILES string of the molecule is C=C(C)C(Nc1nsnc1Nc1ccc(Cl)c(S(=O)(=O)N2CCCC2)c1O)c1cc(Cl)co1. The Hall–Kier alpha value is -2.31. The van der Waals surface area contributed by atoms with Gasteiger partial charge in [-0.15, -0.1) is 0 Å². The van der Waals surface area contributed by atoms with Gasteiger partial charge < -0.3 is 20.2 Å². The lowest BCUT2D eigenvalue weighted by Crippen LogP contribution is -2.28. The zero-order valence-corrected chi connectivity index (χ0v) is 20.7. The summed E-state index contributed by atoms with van der Waals surface area (Å²) in [6, 6.07) is 4.13. The van der Waals surface area contributed by atoms with Gasteiger partial charge in [0.15, 0.2) is 17.4 Å². The Bertz CT molecular complexity index is 1290. The Morgan fingerprint density at radius 3 is 2.61 bits per heavy atom. The van der Waals surface area contributed by atoms with Crippen LogP contribution >= 0.6 is 34.9 Å². The molecule has 3 N–H and O–H groups in total. The monoisotopic (exact) mass is 529 g/mol. The number of phenols is 1. The van der Waals surface area contributed by atoms with Crippen LogP contribution in [0.4, 0.5) is 17.3 Å². The van der Waals surface area contributed by atoms with Crippen molar-refractivity contribution in [3.8, 4) is 5.75 Å². The number of aromatic nitrogens is 2. The lowest BCUT2D eigenvalue weighted by molar-refractivity contribution is 0.445. The average molecular weight is 530 g/mol. The molecule has 2 aromatic heterocycles. The van der Waals surface area contributed by atoms with Gasteiger partial charge in [0.25, 0.3) is 0 Å². The van der Waals surface area contributed by atoms with E-state index >= 15 is 0 Å². The number of nitrogens with one attached hydrogen (secondary N) is 2. The van der Waals surface area contributed by atoms with Crippen molar-refractivity contribution < 1.29 is 17.9 Å². The predicted octanol–water partition coefficient (Wildman–Crippen LogP) is 5.40. The van der Waals surface area contributed by atoms with Gasteiger partial charge in [-0.25, -0.2) is 8.42 Å². The van der Waals surface area contributed by atoms with E-state index in [4.69, 9.17) is 27.6 Å². The number of sulfonamides is 1. The molecule has 33 heavy (non-hydrogen) atoms. The summed E-state index contributed by atoms with van der Waals surface area (Å²) in [5, 5.41) is 17.4. The number of hydrogen-bond donors (Lipinski definition) is 3. The summed E-state index contributed by atoms with van der Waals surface area (Å²) in [6.45, 7) is 6.58. The maximum absolute atomic E-state index is 13.1. The average Bonchev–Trinajstić information content (AvgIpc) is 3.50. The number of anilines is 3. The molecule has 1 aromatic carbocycles. The normalized spacial score (nSPS) is 15.5. The minimum absolute atomic E-state index is 0.0586. The number of aromatic hydroxyl groups is 1. The first kappa shape index (κ1) is 23.8. The van der Waals surface area contributed by atoms with Gasteiger partial charge in [0.05, 0.1) is 27.5 Å². The third kappa shape index (κ3) is 4.82. The first-order valence-electron chi connectivity index (χ1n) is 9.95. The number of furan rings is 1. The fraction of sp³-hybridized carbons (Fsp3) is 0.300. The molecule has 1 aliphatic rings. The summed E-state index contributed by atoms with van der Waals surface area (Å²) in [6.07, 6.45) is 2.95. The van der Waals surface area contributed by atoms with E-state index in [0.29, 0.717) is 29.7 Å². The molecule has 13 heteroatoms. The van der Waals surface area contributed by atoms with Crippen LogP contribution < -0.4 is 10.6 Å². The molecule has 1 aliphatic heterocycles. The van der Waals surface area contributed by atoms with Crippen LogP contribution in [0.1, 0.15) is 31.6 Å². The molecule has 3 aromatic rings. The van der Waals surface area contributed by atoms with E-state index in [1.165, 1.54) is 22.7 Å². The van der Waals surface area contributed by atoms with Crippen molar-refractivity contribution in [1.82, 2.24) is 13.1 Å². The smallest absolute Gasteiger partial charge is 0.248 e. The van der Waals surface area contributed by atoms with Gasteiger partial charge >= 0.3 is 0 Å². The van der Waals surface area contributed by atoms with Gasteiger partial charge in [-0.05, 0) is 31.9 Å². The Balaban J connectivity index is 1.64. The molecule has 3 heterocycles. The molecule has 4 rings (SSSR count). The van der Waals surface area contributed by atoms with Crippen molar-refractivity contribution in [2.75, 3.05) is 23.7 Å². The molecule has 0 saturated carbocycles. The molecular weight excluding hydrogens is 509 g/mol. The van der Waals surface area contributed by atoms with Crippen LogP contribution in [0.15, 0.2) is 45.9 Å². The van der Waals surface area contributed by atoms with E-state index in [2.05, 4.69) is 26.0 Å². The highest BCUT2D eigenvalue weighted by Gasteiger charge is 2.33. The van der Waals surface area contributed by atoms with Gasteiger partial charge in [-0.3, -0.25) is 0 Å². The minimum atomic E-state index is -3.95. The summed E-state index contributed by atoms with van der Waals surface area (Å²) >= 11 is 13.1. The molecule has 0 radical (unpaired) electrons. The third-order valence-corrected chi connectivity index (χ3v) is 8.26. The predicted molar refractivity (Wildman–Crippen MR) is 129 cm³/mol. The maximum atomic E-state index is 13.1. The van der Waals surface area contributed by atoms with Gasteiger partial charge in [-0.2, -0.15) is 13.1 Å². The van der Waals surface area contributed by atoms with Crippen LogP contribution in [0.25, 0.3) is 0 Å². The lowest BCUT2D eigenvalue weighted by Gasteiger charge is -2.19. The van der Waals surface area contributed by atoms with E-state index in [1.807, 2.05) is 6.92 Å². The van der Waals surface area contributed by atoms with Gasteiger partial charge in [0, 0.05) is 19.2 Å². The van der Waals surface area contributed by atoms with Crippen LogP contribution in [0.3, 0.4) is 0 Å². The van der Waals surface area contributed by atoms with Crippen LogP contribution in [0, 0.1) is 0 Å². The van der Waals surface area contributed by atoms with Crippen molar-refractivity contribution in [2.45, 2.75) is 30.7 Å². The third-order valence-electron chi connectivity index (χ3n) is 5.13. The standard InChI is InChI=1S/C20H21Cl2N5O4S2/c1-11(2)16(15-9-12(21)10-31-15)24-20-19(25-32-26-20)23-14-6-5-13(22)18(17(14)28)33(29,30)27-7-3-4-8-27/h5-6,9-10,16,28H,1,3-4,7-8H2,2H3,(H,23,25)(H,24,26). The van der Waals surface area contributed by atoms with E-state index in [0.717, 1.165) is 30.1 Å². The first-order valence-corrected chi connectivity index (χ1v) is 12.9. The number of halogens is 2. The molecule has 9 nitrogen and oxygen atoms in total. The van der Waals surface area contributed by atoms with Crippen LogP contribution in [0.2, 0.25) is 10.0 Å². The highest BCUT2D eigenvalue weighted by atomic mass is 35.5. The van der Waals surface area contributed by atoms with Crippen LogP contribution in [0.5, 0.6) is 5.75 Å². The Morgan fingerprint density at radius 1 is 1.27 bits per heavy atom. The molecule has 1 unspecified atom stereocenters. The Morgan fingerprint density at radius 2 is 1.97 bits per heavy atom. The molecule has 1 atom stereocenters. The van der Waals surface area contributed by atoms with Crippen LogP contribution in [-0.4, -0.2) is 39.7 Å². The van der Waals surface area contributed by atoms with Crippen LogP contribution in [-0.2, 0) is 10.0 Å². The van der Waals surface area contributed by atoms with Gasteiger partial charge in [0.2, 0.25) is 10.0 Å². The largest absolute Gasteiger partial charge is 0.504 e. The van der Waals surface area contributed by atoms with E-state index in [-0.39, 0.29) is 21.4 Å². The number of hydrogen-bond acceptors (Lipinski definition) is 9. The molecule has 1 fully saturated rings. The number of phenolic OH excluding ortho intramolecular Hbond substituents is 1. The number of rotatable bonds is 8. The second kappa shape index (κ2) is 9.51. The molecular formula is C20H21Cl2N5O4S2. The topological polar surface area (TPSA) is 121 Å². The van der Waals surface area contributed by atoms with Crippen molar-refractivity contribution in [2.24, 2.45) is 0 Å². The van der Waals surface area contributed by atoms with Crippen molar-refractivity contribution in [1.29, 1.82) is 0 Å². The van der Waals surface area contributed by atoms with Crippen molar-refractivity contribution in [3.63, 3.8) is 0 Å². The lowest BCUT2D eigenvalue weighted by atomic mass is 10.1. The fourth-order valence-corrected chi connectivity index (χ4v) is 6.24. The highest BCUT2D eigenvalue weighted by Crippen LogP contribution is 2.41.